The summed E-state index contributed by atoms with van der Waals surface area (Å²) in [4.78, 5) is 37.4. The van der Waals surface area contributed by atoms with Gasteiger partial charge in [-0.1, -0.05) is 17.7 Å². The Kier molecular flexibility index (Phi) is 4.26. The quantitative estimate of drug-likeness (QED) is 0.835. The molecule has 1 aromatic rings. The zero-order chi connectivity index (χ0) is 15.6. The van der Waals surface area contributed by atoms with Gasteiger partial charge >= 0.3 is 5.97 Å². The van der Waals surface area contributed by atoms with E-state index in [0.29, 0.717) is 0 Å². The van der Waals surface area contributed by atoms with Gasteiger partial charge in [-0.2, -0.15) is 0 Å². The van der Waals surface area contributed by atoms with Gasteiger partial charge in [-0.05, 0) is 25.5 Å². The third kappa shape index (κ3) is 3.39. The Morgan fingerprint density at radius 3 is 2.33 bits per heavy atom. The third-order valence-corrected chi connectivity index (χ3v) is 3.50. The summed E-state index contributed by atoms with van der Waals surface area (Å²) >= 11 is 0. The Balaban J connectivity index is 2.12. The summed E-state index contributed by atoms with van der Waals surface area (Å²) in [7, 11) is 0. The number of hydrogen-bond donors (Lipinski definition) is 1. The van der Waals surface area contributed by atoms with Crippen molar-refractivity contribution in [2.75, 3.05) is 24.5 Å². The van der Waals surface area contributed by atoms with Gasteiger partial charge in [0.15, 0.2) is 0 Å². The van der Waals surface area contributed by atoms with E-state index in [-0.39, 0.29) is 37.9 Å². The average molecular weight is 290 g/mol. The smallest absolute Gasteiger partial charge is 0.305 e. The fourth-order valence-corrected chi connectivity index (χ4v) is 2.48. The van der Waals surface area contributed by atoms with Crippen molar-refractivity contribution in [3.8, 4) is 0 Å². The first-order valence-corrected chi connectivity index (χ1v) is 6.75. The molecular weight excluding hydrogens is 272 g/mol. The Hall–Kier alpha value is -2.37. The van der Waals surface area contributed by atoms with Crippen LogP contribution in [0.25, 0.3) is 0 Å². The van der Waals surface area contributed by atoms with Crippen molar-refractivity contribution in [1.29, 1.82) is 0 Å². The number of aryl methyl sites for hydroxylation is 2. The number of carbonyl (C=O) groups excluding carboxylic acids is 2. The SMILES string of the molecule is Cc1ccc(N2CC(=O)N(CCC(=O)O)C(=O)C2)c(C)c1. The zero-order valence-electron chi connectivity index (χ0n) is 12.1. The van der Waals surface area contributed by atoms with Gasteiger partial charge in [-0.3, -0.25) is 19.3 Å². The molecule has 21 heavy (non-hydrogen) atoms. The highest BCUT2D eigenvalue weighted by atomic mass is 16.4. The van der Waals surface area contributed by atoms with Gasteiger partial charge in [0.05, 0.1) is 19.5 Å². The molecule has 1 saturated heterocycles. The molecule has 112 valence electrons. The number of anilines is 1. The molecule has 6 nitrogen and oxygen atoms in total. The highest BCUT2D eigenvalue weighted by molar-refractivity contribution is 6.03. The first-order chi connectivity index (χ1) is 9.88. The molecule has 1 aromatic carbocycles. The normalized spacial score (nSPS) is 15.5. The lowest BCUT2D eigenvalue weighted by atomic mass is 10.1. The number of carboxylic acids is 1. The van der Waals surface area contributed by atoms with Crippen molar-refractivity contribution < 1.29 is 19.5 Å². The van der Waals surface area contributed by atoms with Crippen molar-refractivity contribution in [1.82, 2.24) is 4.90 Å². The lowest BCUT2D eigenvalue weighted by Gasteiger charge is -2.34. The van der Waals surface area contributed by atoms with E-state index in [4.69, 9.17) is 5.11 Å². The van der Waals surface area contributed by atoms with E-state index in [0.717, 1.165) is 21.7 Å². The third-order valence-electron chi connectivity index (χ3n) is 3.50. The van der Waals surface area contributed by atoms with E-state index < -0.39 is 5.97 Å². The largest absolute Gasteiger partial charge is 0.481 e. The van der Waals surface area contributed by atoms with Crippen LogP contribution < -0.4 is 4.90 Å². The number of amides is 2. The van der Waals surface area contributed by atoms with E-state index in [1.807, 2.05) is 32.0 Å². The minimum absolute atomic E-state index is 0.0618. The van der Waals surface area contributed by atoms with E-state index in [1.54, 1.807) is 4.90 Å². The van der Waals surface area contributed by atoms with Crippen LogP contribution >= 0.6 is 0 Å². The first-order valence-electron chi connectivity index (χ1n) is 6.75. The number of carbonyl (C=O) groups is 3. The van der Waals surface area contributed by atoms with Crippen LogP contribution in [0.4, 0.5) is 5.69 Å². The molecule has 0 aliphatic carbocycles. The fourth-order valence-electron chi connectivity index (χ4n) is 2.48. The summed E-state index contributed by atoms with van der Waals surface area (Å²) in [5.74, 6) is -1.73. The number of aliphatic carboxylic acids is 1. The number of carboxylic acid groups (broad SMARTS) is 1. The van der Waals surface area contributed by atoms with Gasteiger partial charge in [0.2, 0.25) is 11.8 Å². The van der Waals surface area contributed by atoms with Gasteiger partial charge in [-0.25, -0.2) is 0 Å². The Morgan fingerprint density at radius 2 is 1.81 bits per heavy atom. The monoisotopic (exact) mass is 290 g/mol. The molecule has 2 rings (SSSR count). The molecule has 1 aliphatic heterocycles. The number of rotatable bonds is 4. The van der Waals surface area contributed by atoms with Crippen LogP contribution in [0.3, 0.4) is 0 Å². The zero-order valence-corrected chi connectivity index (χ0v) is 12.1. The van der Waals surface area contributed by atoms with Crippen molar-refractivity contribution in [3.63, 3.8) is 0 Å². The summed E-state index contributed by atoms with van der Waals surface area (Å²) in [6.07, 6.45) is -0.221. The summed E-state index contributed by atoms with van der Waals surface area (Å²) in [6.45, 7) is 4.04. The number of imide groups is 1. The first kappa shape index (κ1) is 15.0. The Bertz CT molecular complexity index is 579. The molecule has 0 spiro atoms. The van der Waals surface area contributed by atoms with Crippen molar-refractivity contribution >= 4 is 23.5 Å². The van der Waals surface area contributed by atoms with E-state index in [2.05, 4.69) is 0 Å². The number of nitrogens with zero attached hydrogens (tertiary/aromatic N) is 2. The van der Waals surface area contributed by atoms with Crippen LogP contribution in [0.2, 0.25) is 0 Å². The van der Waals surface area contributed by atoms with E-state index in [1.165, 1.54) is 0 Å². The van der Waals surface area contributed by atoms with Crippen molar-refractivity contribution in [2.24, 2.45) is 0 Å². The molecule has 1 heterocycles. The lowest BCUT2D eigenvalue weighted by molar-refractivity contribution is -0.146. The number of hydrogen-bond acceptors (Lipinski definition) is 4. The second-order valence-electron chi connectivity index (χ2n) is 5.23. The van der Waals surface area contributed by atoms with Crippen molar-refractivity contribution in [3.05, 3.63) is 29.3 Å². The number of piperazine rings is 1. The number of benzene rings is 1. The predicted molar refractivity (Wildman–Crippen MR) is 77.1 cm³/mol. The molecule has 0 atom stereocenters. The molecule has 1 fully saturated rings. The second kappa shape index (κ2) is 5.95. The van der Waals surface area contributed by atoms with Crippen LogP contribution in [0, 0.1) is 13.8 Å². The van der Waals surface area contributed by atoms with Crippen LogP contribution in [-0.2, 0) is 14.4 Å². The molecule has 2 amide bonds. The molecule has 0 unspecified atom stereocenters. The minimum Gasteiger partial charge on any atom is -0.481 e. The van der Waals surface area contributed by atoms with E-state index >= 15 is 0 Å². The predicted octanol–water partition coefficient (Wildman–Crippen LogP) is 0.953. The molecule has 1 N–H and O–H groups in total. The van der Waals surface area contributed by atoms with Crippen LogP contribution in [-0.4, -0.2) is 47.4 Å². The molecular formula is C15H18N2O4. The maximum Gasteiger partial charge on any atom is 0.305 e. The Morgan fingerprint density at radius 1 is 1.19 bits per heavy atom. The lowest BCUT2D eigenvalue weighted by Crippen LogP contribution is -2.54. The van der Waals surface area contributed by atoms with Gasteiger partial charge in [0.25, 0.3) is 0 Å². The van der Waals surface area contributed by atoms with Gasteiger partial charge in [0, 0.05) is 12.2 Å². The average Bonchev–Trinajstić information content (AvgIpc) is 2.37. The molecule has 0 bridgehead atoms. The topological polar surface area (TPSA) is 77.9 Å². The molecule has 1 aliphatic rings. The maximum atomic E-state index is 12.0. The van der Waals surface area contributed by atoms with Crippen molar-refractivity contribution in [2.45, 2.75) is 20.3 Å². The highest BCUT2D eigenvalue weighted by Crippen LogP contribution is 2.23. The Labute approximate surface area is 123 Å². The summed E-state index contributed by atoms with van der Waals surface area (Å²) in [5, 5.41) is 8.65. The van der Waals surface area contributed by atoms with Gasteiger partial charge < -0.3 is 10.0 Å². The van der Waals surface area contributed by atoms with Crippen LogP contribution in [0.5, 0.6) is 0 Å². The standard InChI is InChI=1S/C15H18N2O4/c1-10-3-4-12(11(2)7-10)16-8-13(18)17(14(19)9-16)6-5-15(20)21/h3-4,7H,5-6,8-9H2,1-2H3,(H,20,21). The minimum atomic E-state index is -1.02. The summed E-state index contributed by atoms with van der Waals surface area (Å²) in [5.41, 5.74) is 2.99. The van der Waals surface area contributed by atoms with Gasteiger partial charge in [0.1, 0.15) is 0 Å². The maximum absolute atomic E-state index is 12.0. The van der Waals surface area contributed by atoms with Crippen LogP contribution in [0.15, 0.2) is 18.2 Å². The summed E-state index contributed by atoms with van der Waals surface area (Å²) in [6, 6.07) is 5.84. The molecule has 0 aromatic heterocycles. The van der Waals surface area contributed by atoms with Gasteiger partial charge in [-0.15, -0.1) is 0 Å². The van der Waals surface area contributed by atoms with Crippen LogP contribution in [0.1, 0.15) is 17.5 Å². The van der Waals surface area contributed by atoms with E-state index in [9.17, 15) is 14.4 Å². The fraction of sp³-hybridized carbons (Fsp3) is 0.400. The highest BCUT2D eigenvalue weighted by Gasteiger charge is 2.31. The molecule has 0 radical (unpaired) electrons. The molecule has 6 heteroatoms. The molecule has 0 saturated carbocycles. The summed E-state index contributed by atoms with van der Waals surface area (Å²) < 4.78 is 0. The second-order valence-corrected chi connectivity index (χ2v) is 5.23.